The molecule has 0 radical (unpaired) electrons. The molecule has 0 fully saturated rings. The molecule has 2 N–H and O–H groups in total. The van der Waals surface area contributed by atoms with Crippen molar-refractivity contribution in [3.63, 3.8) is 0 Å². The van der Waals surface area contributed by atoms with Gasteiger partial charge in [-0.15, -0.1) is 0 Å². The van der Waals surface area contributed by atoms with Crippen molar-refractivity contribution in [2.24, 2.45) is 11.3 Å². The minimum absolute atomic E-state index is 0.102. The van der Waals surface area contributed by atoms with Crippen LogP contribution in [0, 0.1) is 11.3 Å². The Balaban J connectivity index is 4.24. The van der Waals surface area contributed by atoms with Crippen molar-refractivity contribution in [2.75, 3.05) is 6.54 Å². The van der Waals surface area contributed by atoms with Gasteiger partial charge in [-0.1, -0.05) is 34.6 Å². The summed E-state index contributed by atoms with van der Waals surface area (Å²) in [4.78, 5) is 23.4. The number of nitrogens with one attached hydrogen (secondary N) is 2. The number of hydrogen-bond donors (Lipinski definition) is 2. The van der Waals surface area contributed by atoms with Crippen LogP contribution in [0.4, 0.5) is 0 Å². The average Bonchev–Trinajstić information content (AvgIpc) is 2.11. The predicted molar refractivity (Wildman–Crippen MR) is 78.8 cm³/mol. The third kappa shape index (κ3) is 9.51. The van der Waals surface area contributed by atoms with Crippen LogP contribution >= 0.6 is 0 Å². The number of hydrogen-bond acceptors (Lipinski definition) is 2. The number of carbonyl (C=O) groups excluding carboxylic acids is 2. The molecule has 0 aliphatic carbocycles. The highest BCUT2D eigenvalue weighted by atomic mass is 16.2. The first-order valence-corrected chi connectivity index (χ1v) is 7.03. The van der Waals surface area contributed by atoms with E-state index in [1.165, 1.54) is 0 Å². The minimum atomic E-state index is -0.544. The minimum Gasteiger partial charge on any atom is -0.348 e. The van der Waals surface area contributed by atoms with Gasteiger partial charge in [0.05, 0.1) is 0 Å². The molecule has 0 saturated carbocycles. The molecule has 0 spiro atoms. The van der Waals surface area contributed by atoms with Crippen LogP contribution in [0.15, 0.2) is 0 Å². The molecule has 112 valence electrons. The highest BCUT2D eigenvalue weighted by Crippen LogP contribution is 2.26. The van der Waals surface area contributed by atoms with Crippen LogP contribution < -0.4 is 10.6 Å². The molecule has 19 heavy (non-hydrogen) atoms. The Bertz CT molecular complexity index is 315. The molecule has 0 aromatic carbocycles. The van der Waals surface area contributed by atoms with Gasteiger partial charge in [0.15, 0.2) is 0 Å². The van der Waals surface area contributed by atoms with Crippen LogP contribution in [-0.4, -0.2) is 23.9 Å². The Morgan fingerprint density at radius 2 is 1.53 bits per heavy atom. The summed E-state index contributed by atoms with van der Waals surface area (Å²) >= 11 is 0. The second-order valence-electron chi connectivity index (χ2n) is 7.51. The van der Waals surface area contributed by atoms with Crippen LogP contribution in [0.5, 0.6) is 0 Å². The molecule has 0 heterocycles. The first kappa shape index (κ1) is 17.9. The van der Waals surface area contributed by atoms with E-state index in [1.54, 1.807) is 0 Å². The van der Waals surface area contributed by atoms with E-state index < -0.39 is 11.8 Å². The van der Waals surface area contributed by atoms with E-state index in [9.17, 15) is 9.59 Å². The fraction of sp³-hybridized carbons (Fsp3) is 0.867. The monoisotopic (exact) mass is 270 g/mol. The van der Waals surface area contributed by atoms with Crippen molar-refractivity contribution in [3.8, 4) is 0 Å². The molecular formula is C15H30N2O2. The molecule has 0 bridgehead atoms. The second kappa shape index (κ2) is 6.92. The average molecular weight is 270 g/mol. The van der Waals surface area contributed by atoms with Crippen molar-refractivity contribution in [1.82, 2.24) is 10.6 Å². The lowest BCUT2D eigenvalue weighted by Crippen LogP contribution is -2.51. The van der Waals surface area contributed by atoms with E-state index in [4.69, 9.17) is 0 Å². The molecular weight excluding hydrogens is 240 g/mol. The van der Waals surface area contributed by atoms with E-state index in [0.717, 1.165) is 12.8 Å². The Morgan fingerprint density at radius 1 is 1.00 bits per heavy atom. The maximum Gasteiger partial charge on any atom is 0.309 e. The van der Waals surface area contributed by atoms with E-state index in [-0.39, 0.29) is 11.0 Å². The highest BCUT2D eigenvalue weighted by Gasteiger charge is 2.28. The lowest BCUT2D eigenvalue weighted by Gasteiger charge is -2.33. The first-order chi connectivity index (χ1) is 8.43. The van der Waals surface area contributed by atoms with Crippen LogP contribution in [0.2, 0.25) is 0 Å². The van der Waals surface area contributed by atoms with Gasteiger partial charge in [0.2, 0.25) is 0 Å². The molecule has 0 aliphatic rings. The highest BCUT2D eigenvalue weighted by molar-refractivity contribution is 6.35. The van der Waals surface area contributed by atoms with Crippen molar-refractivity contribution in [3.05, 3.63) is 0 Å². The fourth-order valence-corrected chi connectivity index (χ4v) is 2.29. The Hall–Kier alpha value is -1.06. The van der Waals surface area contributed by atoms with Gasteiger partial charge in [0, 0.05) is 12.1 Å². The summed E-state index contributed by atoms with van der Waals surface area (Å²) in [7, 11) is 0. The zero-order valence-electron chi connectivity index (χ0n) is 13.5. The molecule has 0 aromatic heterocycles. The topological polar surface area (TPSA) is 58.2 Å². The summed E-state index contributed by atoms with van der Waals surface area (Å²) in [6.07, 6.45) is 1.69. The Morgan fingerprint density at radius 3 is 1.95 bits per heavy atom. The molecule has 0 aliphatic heterocycles. The van der Waals surface area contributed by atoms with Gasteiger partial charge in [-0.3, -0.25) is 9.59 Å². The Kier molecular flexibility index (Phi) is 6.53. The van der Waals surface area contributed by atoms with Crippen LogP contribution in [0.3, 0.4) is 0 Å². The summed E-state index contributed by atoms with van der Waals surface area (Å²) in [5, 5.41) is 5.45. The molecule has 0 atom stereocenters. The molecule has 4 nitrogen and oxygen atoms in total. The second-order valence-corrected chi connectivity index (χ2v) is 7.51. The normalized spacial score (nSPS) is 12.4. The maximum atomic E-state index is 11.8. The number of rotatable bonds is 5. The third-order valence-electron chi connectivity index (χ3n) is 2.64. The Labute approximate surface area is 117 Å². The van der Waals surface area contributed by atoms with Crippen LogP contribution in [0.25, 0.3) is 0 Å². The number of amides is 2. The summed E-state index contributed by atoms with van der Waals surface area (Å²) in [6.45, 7) is 14.9. The SMILES string of the molecule is CC(C)CCNC(=O)C(=O)NC(C)(C)CC(C)(C)C. The third-order valence-corrected chi connectivity index (χ3v) is 2.64. The molecule has 0 saturated heterocycles. The van der Waals surface area contributed by atoms with Gasteiger partial charge in [0.25, 0.3) is 0 Å². The van der Waals surface area contributed by atoms with Gasteiger partial charge >= 0.3 is 11.8 Å². The predicted octanol–water partition coefficient (Wildman–Crippen LogP) is 2.48. The maximum absolute atomic E-state index is 11.8. The van der Waals surface area contributed by atoms with Gasteiger partial charge in [0.1, 0.15) is 0 Å². The van der Waals surface area contributed by atoms with Gasteiger partial charge in [-0.05, 0) is 38.0 Å². The molecule has 0 unspecified atom stereocenters. The van der Waals surface area contributed by atoms with E-state index in [2.05, 4.69) is 45.3 Å². The van der Waals surface area contributed by atoms with Gasteiger partial charge in [-0.25, -0.2) is 0 Å². The molecule has 4 heteroatoms. The zero-order valence-corrected chi connectivity index (χ0v) is 13.5. The standard InChI is InChI=1S/C15H30N2O2/c1-11(2)8-9-16-12(18)13(19)17-15(6,7)10-14(3,4)5/h11H,8-10H2,1-7H3,(H,16,18)(H,17,19). The lowest BCUT2D eigenvalue weighted by atomic mass is 9.82. The zero-order chi connectivity index (χ0) is 15.3. The van der Waals surface area contributed by atoms with Crippen LogP contribution in [0.1, 0.15) is 61.3 Å². The van der Waals surface area contributed by atoms with E-state index >= 15 is 0 Å². The summed E-state index contributed by atoms with van der Waals surface area (Å²) < 4.78 is 0. The summed E-state index contributed by atoms with van der Waals surface area (Å²) in [5.74, 6) is -0.568. The summed E-state index contributed by atoms with van der Waals surface area (Å²) in [6, 6.07) is 0. The molecule has 0 aromatic rings. The van der Waals surface area contributed by atoms with Gasteiger partial charge in [-0.2, -0.15) is 0 Å². The number of carbonyl (C=O) groups is 2. The summed E-state index contributed by atoms with van der Waals surface area (Å²) in [5.41, 5.74) is -0.282. The van der Waals surface area contributed by atoms with Crippen molar-refractivity contribution < 1.29 is 9.59 Å². The first-order valence-electron chi connectivity index (χ1n) is 7.03. The van der Waals surface area contributed by atoms with Crippen molar-refractivity contribution in [1.29, 1.82) is 0 Å². The van der Waals surface area contributed by atoms with Crippen LogP contribution in [-0.2, 0) is 9.59 Å². The van der Waals surface area contributed by atoms with Crippen molar-refractivity contribution in [2.45, 2.75) is 66.8 Å². The van der Waals surface area contributed by atoms with E-state index in [1.807, 2.05) is 13.8 Å². The lowest BCUT2D eigenvalue weighted by molar-refractivity contribution is -0.140. The fourth-order valence-electron chi connectivity index (χ4n) is 2.29. The molecule has 2 amide bonds. The quantitative estimate of drug-likeness (QED) is 0.754. The van der Waals surface area contributed by atoms with E-state index in [0.29, 0.717) is 12.5 Å². The van der Waals surface area contributed by atoms with Gasteiger partial charge < -0.3 is 10.6 Å². The van der Waals surface area contributed by atoms with Crippen molar-refractivity contribution >= 4 is 11.8 Å². The largest absolute Gasteiger partial charge is 0.348 e. The smallest absolute Gasteiger partial charge is 0.309 e. The molecule has 0 rings (SSSR count).